The summed E-state index contributed by atoms with van der Waals surface area (Å²) in [4.78, 5) is 22.9. The molecule has 2 N–H and O–H groups in total. The highest BCUT2D eigenvalue weighted by molar-refractivity contribution is 5.89. The molecule has 1 rings (SSSR count). The highest BCUT2D eigenvalue weighted by Crippen LogP contribution is 1.80. The van der Waals surface area contributed by atoms with Gasteiger partial charge >= 0.3 is 5.69 Å². The lowest BCUT2D eigenvalue weighted by atomic mass is 10.4. The van der Waals surface area contributed by atoms with Gasteiger partial charge in [-0.15, -0.1) is 5.10 Å². The zero-order chi connectivity index (χ0) is 6.85. The van der Waals surface area contributed by atoms with Gasteiger partial charge in [-0.05, 0) is 0 Å². The molecule has 48 valence electrons. The number of carbonyl (C=O) groups excluding carboxylic acids is 1. The van der Waals surface area contributed by atoms with E-state index in [0.29, 0.717) is 0 Å². The Kier molecular flexibility index (Phi) is 1.18. The summed E-state index contributed by atoms with van der Waals surface area (Å²) in [5.41, 5.74) is -0.458. The molecule has 0 atom stereocenters. The van der Waals surface area contributed by atoms with Crippen LogP contribution in [0.2, 0.25) is 0 Å². The second-order valence-corrected chi connectivity index (χ2v) is 1.58. The number of hydrogen-bond donors (Lipinski definition) is 2. The van der Waals surface area contributed by atoms with Crippen molar-refractivity contribution in [2.24, 2.45) is 0 Å². The Morgan fingerprint density at radius 1 is 1.67 bits per heavy atom. The molecule has 0 bridgehead atoms. The number of carbonyl (C=O) groups is 1. The van der Waals surface area contributed by atoms with Crippen LogP contribution in [0.3, 0.4) is 0 Å². The topological polar surface area (TPSA) is 78.6 Å². The molecule has 0 fully saturated rings. The number of aromatic amines is 2. The van der Waals surface area contributed by atoms with Crippen LogP contribution in [-0.4, -0.2) is 21.0 Å². The Morgan fingerprint density at radius 2 is 2.33 bits per heavy atom. The maximum atomic E-state index is 10.4. The van der Waals surface area contributed by atoms with Crippen molar-refractivity contribution in [3.8, 4) is 0 Å². The minimum atomic E-state index is -0.458. The van der Waals surface area contributed by atoms with Crippen molar-refractivity contribution in [2.75, 3.05) is 0 Å². The molecular weight excluding hydrogens is 122 g/mol. The minimum absolute atomic E-state index is 0.0694. The van der Waals surface area contributed by atoms with Gasteiger partial charge in [0.1, 0.15) is 0 Å². The lowest BCUT2D eigenvalue weighted by molar-refractivity contribution is 0.100. The van der Waals surface area contributed by atoms with E-state index in [4.69, 9.17) is 0 Å². The lowest BCUT2D eigenvalue weighted by Crippen LogP contribution is -2.02. The average molecular weight is 127 g/mol. The molecule has 0 aliphatic heterocycles. The molecule has 9 heavy (non-hydrogen) atoms. The van der Waals surface area contributed by atoms with Gasteiger partial charge in [0.25, 0.3) is 0 Å². The second-order valence-electron chi connectivity index (χ2n) is 1.58. The summed E-state index contributed by atoms with van der Waals surface area (Å²) < 4.78 is 0. The zero-order valence-corrected chi connectivity index (χ0v) is 4.76. The third-order valence-electron chi connectivity index (χ3n) is 0.835. The van der Waals surface area contributed by atoms with Gasteiger partial charge in [0, 0.05) is 6.92 Å². The van der Waals surface area contributed by atoms with Crippen LogP contribution in [0, 0.1) is 0 Å². The summed E-state index contributed by atoms with van der Waals surface area (Å²) in [6, 6.07) is 0. The first kappa shape index (κ1) is 5.74. The number of Topliss-reactive ketones (excluding diaryl/α,β-unsaturated/α-hetero) is 1. The summed E-state index contributed by atoms with van der Waals surface area (Å²) in [7, 11) is 0. The highest BCUT2D eigenvalue weighted by Gasteiger charge is 2.00. The third-order valence-corrected chi connectivity index (χ3v) is 0.835. The van der Waals surface area contributed by atoms with E-state index in [-0.39, 0.29) is 11.6 Å². The monoisotopic (exact) mass is 127 g/mol. The van der Waals surface area contributed by atoms with Gasteiger partial charge in [-0.1, -0.05) is 0 Å². The van der Waals surface area contributed by atoms with Crippen LogP contribution >= 0.6 is 0 Å². The quantitative estimate of drug-likeness (QED) is 0.489. The Balaban J connectivity index is 3.12. The van der Waals surface area contributed by atoms with Crippen molar-refractivity contribution in [2.45, 2.75) is 6.92 Å². The van der Waals surface area contributed by atoms with Crippen molar-refractivity contribution >= 4 is 5.78 Å². The van der Waals surface area contributed by atoms with E-state index in [2.05, 4.69) is 15.2 Å². The first-order valence-electron chi connectivity index (χ1n) is 2.36. The molecule has 0 radical (unpaired) electrons. The van der Waals surface area contributed by atoms with E-state index in [1.54, 1.807) is 0 Å². The molecule has 5 nitrogen and oxygen atoms in total. The van der Waals surface area contributed by atoms with Crippen LogP contribution in [0.25, 0.3) is 0 Å². The van der Waals surface area contributed by atoms with Crippen LogP contribution < -0.4 is 5.69 Å². The van der Waals surface area contributed by atoms with E-state index in [1.807, 2.05) is 0 Å². The fraction of sp³-hybridized carbons (Fsp3) is 0.250. The highest BCUT2D eigenvalue weighted by atomic mass is 16.2. The number of ketones is 1. The number of rotatable bonds is 1. The van der Waals surface area contributed by atoms with Gasteiger partial charge in [-0.25, -0.2) is 9.89 Å². The number of nitrogens with one attached hydrogen (secondary N) is 2. The molecule has 0 saturated heterocycles. The second kappa shape index (κ2) is 1.85. The van der Waals surface area contributed by atoms with E-state index in [1.165, 1.54) is 6.92 Å². The fourth-order valence-corrected chi connectivity index (χ4v) is 0.437. The molecule has 1 aromatic heterocycles. The Hall–Kier alpha value is -1.39. The molecule has 1 heterocycles. The summed E-state index contributed by atoms with van der Waals surface area (Å²) in [5.74, 6) is -0.187. The smallest absolute Gasteiger partial charge is 0.291 e. The van der Waals surface area contributed by atoms with Gasteiger partial charge < -0.3 is 0 Å². The standard InChI is InChI=1S/C4H5N3O2/c1-2(8)3-5-4(9)7-6-3/h1H3,(H2,5,6,7,9). The molecule has 0 amide bonds. The molecule has 0 saturated carbocycles. The summed E-state index contributed by atoms with van der Waals surface area (Å²) >= 11 is 0. The van der Waals surface area contributed by atoms with E-state index >= 15 is 0 Å². The number of hydrogen-bond acceptors (Lipinski definition) is 3. The normalized spacial score (nSPS) is 9.44. The Morgan fingerprint density at radius 3 is 2.56 bits per heavy atom. The van der Waals surface area contributed by atoms with Gasteiger partial charge in [-0.2, -0.15) is 0 Å². The van der Waals surface area contributed by atoms with Crippen LogP contribution in [0.1, 0.15) is 17.5 Å². The predicted molar refractivity (Wildman–Crippen MR) is 29.2 cm³/mol. The molecule has 1 aromatic rings. The number of H-pyrrole nitrogens is 2. The Labute approximate surface area is 50.1 Å². The maximum Gasteiger partial charge on any atom is 0.341 e. The van der Waals surface area contributed by atoms with Gasteiger partial charge in [-0.3, -0.25) is 9.78 Å². The first-order chi connectivity index (χ1) is 4.20. The van der Waals surface area contributed by atoms with Crippen molar-refractivity contribution in [3.05, 3.63) is 16.3 Å². The largest absolute Gasteiger partial charge is 0.341 e. The molecular formula is C4H5N3O2. The molecule has 5 heteroatoms. The molecule has 0 aliphatic carbocycles. The van der Waals surface area contributed by atoms with Crippen LogP contribution in [0.4, 0.5) is 0 Å². The van der Waals surface area contributed by atoms with Crippen LogP contribution in [0.5, 0.6) is 0 Å². The first-order valence-corrected chi connectivity index (χ1v) is 2.36. The van der Waals surface area contributed by atoms with E-state index < -0.39 is 5.69 Å². The number of nitrogens with zero attached hydrogens (tertiary/aromatic N) is 1. The Bertz CT molecular complexity index is 271. The summed E-state index contributed by atoms with van der Waals surface area (Å²) in [5, 5.41) is 5.44. The van der Waals surface area contributed by atoms with Crippen LogP contribution in [0.15, 0.2) is 4.79 Å². The van der Waals surface area contributed by atoms with Crippen molar-refractivity contribution in [1.29, 1.82) is 0 Å². The van der Waals surface area contributed by atoms with Crippen LogP contribution in [-0.2, 0) is 0 Å². The fourth-order valence-electron chi connectivity index (χ4n) is 0.437. The zero-order valence-electron chi connectivity index (χ0n) is 4.76. The minimum Gasteiger partial charge on any atom is -0.291 e. The van der Waals surface area contributed by atoms with Crippen molar-refractivity contribution < 1.29 is 4.79 Å². The van der Waals surface area contributed by atoms with Gasteiger partial charge in [0.15, 0.2) is 11.6 Å². The third kappa shape index (κ3) is 1.04. The molecule has 0 unspecified atom stereocenters. The SMILES string of the molecule is CC(=O)c1n[nH]c(=O)[nH]1. The number of aromatic nitrogens is 3. The van der Waals surface area contributed by atoms with E-state index in [0.717, 1.165) is 0 Å². The predicted octanol–water partition coefficient (Wildman–Crippen LogP) is -0.699. The molecule has 0 aliphatic rings. The van der Waals surface area contributed by atoms with Crippen molar-refractivity contribution in [1.82, 2.24) is 15.2 Å². The van der Waals surface area contributed by atoms with Crippen molar-refractivity contribution in [3.63, 3.8) is 0 Å². The summed E-state index contributed by atoms with van der Waals surface area (Å²) in [6.45, 7) is 1.33. The molecule has 0 spiro atoms. The van der Waals surface area contributed by atoms with E-state index in [9.17, 15) is 9.59 Å². The van der Waals surface area contributed by atoms with Gasteiger partial charge in [0.2, 0.25) is 0 Å². The average Bonchev–Trinajstić information content (AvgIpc) is 2.14. The molecule has 0 aromatic carbocycles. The maximum absolute atomic E-state index is 10.4. The lowest BCUT2D eigenvalue weighted by Gasteiger charge is -1.77. The van der Waals surface area contributed by atoms with Gasteiger partial charge in [0.05, 0.1) is 0 Å². The summed E-state index contributed by atoms with van der Waals surface area (Å²) in [6.07, 6.45) is 0.